The molecule has 2 N–H and O–H groups in total. The van der Waals surface area contributed by atoms with Gasteiger partial charge >= 0.3 is 0 Å². The van der Waals surface area contributed by atoms with Gasteiger partial charge in [-0.1, -0.05) is 34.1 Å². The van der Waals surface area contributed by atoms with Crippen molar-refractivity contribution >= 4 is 15.9 Å². The Morgan fingerprint density at radius 2 is 1.81 bits per heavy atom. The Labute approximate surface area is 130 Å². The first-order chi connectivity index (χ1) is 10.1. The second kappa shape index (κ2) is 4.29. The molecule has 1 aliphatic rings. The smallest absolute Gasteiger partial charge is 0.113 e. The van der Waals surface area contributed by atoms with Crippen LogP contribution in [0.25, 0.3) is 22.4 Å². The van der Waals surface area contributed by atoms with Gasteiger partial charge in [-0.3, -0.25) is 0 Å². The highest BCUT2D eigenvalue weighted by Gasteiger charge is 2.37. The van der Waals surface area contributed by atoms with Crippen molar-refractivity contribution in [3.63, 3.8) is 0 Å². The number of fused-ring (bicyclic) bond motifs is 3. The summed E-state index contributed by atoms with van der Waals surface area (Å²) in [5, 5.41) is 11.0. The first-order valence-electron chi connectivity index (χ1n) is 6.73. The third kappa shape index (κ3) is 1.79. The number of rotatable bonds is 1. The van der Waals surface area contributed by atoms with Crippen LogP contribution in [0, 0.1) is 0 Å². The van der Waals surface area contributed by atoms with E-state index < -0.39 is 5.60 Å². The maximum atomic E-state index is 11.0. The van der Waals surface area contributed by atoms with Gasteiger partial charge in [-0.15, -0.1) is 0 Å². The first-order valence-corrected chi connectivity index (χ1v) is 7.53. The van der Waals surface area contributed by atoms with Crippen molar-refractivity contribution in [2.45, 2.75) is 12.5 Å². The maximum absolute atomic E-state index is 11.0. The van der Waals surface area contributed by atoms with Crippen LogP contribution in [0.2, 0.25) is 0 Å². The molecule has 2 aromatic carbocycles. The molecule has 3 aromatic rings. The second-order valence-corrected chi connectivity index (χ2v) is 6.40. The summed E-state index contributed by atoms with van der Waals surface area (Å²) in [5.74, 6) is 0. The number of nitrogens with one attached hydrogen (secondary N) is 1. The van der Waals surface area contributed by atoms with Crippen LogP contribution in [0.5, 0.6) is 0 Å². The molecule has 104 valence electrons. The number of hydrogen-bond acceptors (Lipinski definition) is 2. The molecule has 1 unspecified atom stereocenters. The van der Waals surface area contributed by atoms with Crippen molar-refractivity contribution < 1.29 is 5.11 Å². The summed E-state index contributed by atoms with van der Waals surface area (Å²) < 4.78 is 0.975. The van der Waals surface area contributed by atoms with Crippen molar-refractivity contribution in [3.8, 4) is 22.4 Å². The SMILES string of the molecule is CC1(O)c2cc(Br)ccc2-c2ccc(-c3cnc[nH]3)cc21. The molecule has 21 heavy (non-hydrogen) atoms. The third-order valence-corrected chi connectivity index (χ3v) is 4.64. The summed E-state index contributed by atoms with van der Waals surface area (Å²) in [6, 6.07) is 12.2. The Bertz CT molecular complexity index is 838. The fraction of sp³-hybridized carbons (Fsp3) is 0.118. The van der Waals surface area contributed by atoms with Gasteiger partial charge in [0.1, 0.15) is 5.60 Å². The monoisotopic (exact) mass is 340 g/mol. The highest BCUT2D eigenvalue weighted by molar-refractivity contribution is 9.10. The van der Waals surface area contributed by atoms with Gasteiger partial charge in [0.2, 0.25) is 0 Å². The highest BCUT2D eigenvalue weighted by atomic mass is 79.9. The highest BCUT2D eigenvalue weighted by Crippen LogP contribution is 2.48. The van der Waals surface area contributed by atoms with E-state index in [4.69, 9.17) is 0 Å². The number of aliphatic hydroxyl groups is 1. The van der Waals surface area contributed by atoms with Crippen LogP contribution in [-0.2, 0) is 5.60 Å². The lowest BCUT2D eigenvalue weighted by Gasteiger charge is -2.20. The molecule has 0 fully saturated rings. The van der Waals surface area contributed by atoms with Crippen molar-refractivity contribution in [2.75, 3.05) is 0 Å². The maximum Gasteiger partial charge on any atom is 0.113 e. The Kier molecular flexibility index (Phi) is 2.62. The number of halogens is 1. The van der Waals surface area contributed by atoms with Crippen LogP contribution in [0.4, 0.5) is 0 Å². The molecule has 0 saturated heterocycles. The van der Waals surface area contributed by atoms with E-state index in [1.54, 1.807) is 12.5 Å². The molecular weight excluding hydrogens is 328 g/mol. The van der Waals surface area contributed by atoms with Crippen LogP contribution in [0.1, 0.15) is 18.1 Å². The van der Waals surface area contributed by atoms with Gasteiger partial charge in [0, 0.05) is 4.47 Å². The zero-order chi connectivity index (χ0) is 14.6. The minimum atomic E-state index is -0.982. The number of aromatic amines is 1. The molecule has 0 aliphatic heterocycles. The Balaban J connectivity index is 1.96. The molecule has 1 heterocycles. The van der Waals surface area contributed by atoms with E-state index in [1.807, 2.05) is 25.1 Å². The lowest BCUT2D eigenvalue weighted by molar-refractivity contribution is 0.107. The number of benzene rings is 2. The van der Waals surface area contributed by atoms with Gasteiger partial charge in [-0.25, -0.2) is 4.98 Å². The quantitative estimate of drug-likeness (QED) is 0.701. The summed E-state index contributed by atoms with van der Waals surface area (Å²) in [6.07, 6.45) is 3.45. The molecule has 0 radical (unpaired) electrons. The molecule has 4 rings (SSSR count). The zero-order valence-corrected chi connectivity index (χ0v) is 13.0. The minimum absolute atomic E-state index is 0.933. The van der Waals surface area contributed by atoms with E-state index in [2.05, 4.69) is 44.1 Å². The van der Waals surface area contributed by atoms with Crippen molar-refractivity contribution in [2.24, 2.45) is 0 Å². The van der Waals surface area contributed by atoms with E-state index in [9.17, 15) is 5.11 Å². The predicted molar refractivity (Wildman–Crippen MR) is 85.8 cm³/mol. The van der Waals surface area contributed by atoms with Crippen LogP contribution in [0.3, 0.4) is 0 Å². The predicted octanol–water partition coefficient (Wildman–Crippen LogP) is 4.08. The average molecular weight is 341 g/mol. The largest absolute Gasteiger partial charge is 0.381 e. The molecule has 1 aromatic heterocycles. The number of nitrogens with zero attached hydrogens (tertiary/aromatic N) is 1. The van der Waals surface area contributed by atoms with Gasteiger partial charge in [-0.05, 0) is 52.9 Å². The van der Waals surface area contributed by atoms with Crippen molar-refractivity contribution in [1.82, 2.24) is 9.97 Å². The molecule has 0 spiro atoms. The average Bonchev–Trinajstić information content (AvgIpc) is 3.06. The van der Waals surface area contributed by atoms with Crippen LogP contribution >= 0.6 is 15.9 Å². The standard InChI is InChI=1S/C17H13BrN2O/c1-17(21)14-6-10(16-8-19-9-20-16)2-4-12(14)13-5-3-11(18)7-15(13)17/h2-9,21H,1H3,(H,19,20). The number of H-pyrrole nitrogens is 1. The summed E-state index contributed by atoms with van der Waals surface area (Å²) in [6.45, 7) is 1.85. The number of aromatic nitrogens is 2. The Morgan fingerprint density at radius 1 is 1.10 bits per heavy atom. The topological polar surface area (TPSA) is 48.9 Å². The van der Waals surface area contributed by atoms with E-state index in [0.717, 1.165) is 38.0 Å². The molecule has 4 heteroatoms. The molecule has 1 atom stereocenters. The van der Waals surface area contributed by atoms with Gasteiger partial charge in [-0.2, -0.15) is 0 Å². The molecule has 0 bridgehead atoms. The van der Waals surface area contributed by atoms with E-state index >= 15 is 0 Å². The normalized spacial score (nSPS) is 19.4. The van der Waals surface area contributed by atoms with E-state index in [-0.39, 0.29) is 0 Å². The number of imidazole rings is 1. The van der Waals surface area contributed by atoms with Gasteiger partial charge in [0.05, 0.1) is 18.2 Å². The fourth-order valence-electron chi connectivity index (χ4n) is 3.06. The van der Waals surface area contributed by atoms with Gasteiger partial charge in [0.15, 0.2) is 0 Å². The lowest BCUT2D eigenvalue weighted by atomic mass is 9.92. The summed E-state index contributed by atoms with van der Waals surface area (Å²) in [4.78, 5) is 7.16. The summed E-state index contributed by atoms with van der Waals surface area (Å²) in [7, 11) is 0. The fourth-order valence-corrected chi connectivity index (χ4v) is 3.42. The Morgan fingerprint density at radius 3 is 2.52 bits per heavy atom. The Hall–Kier alpha value is -1.91. The summed E-state index contributed by atoms with van der Waals surface area (Å²) >= 11 is 3.48. The molecule has 1 aliphatic carbocycles. The van der Waals surface area contributed by atoms with Crippen LogP contribution in [0.15, 0.2) is 53.4 Å². The van der Waals surface area contributed by atoms with E-state index in [0.29, 0.717) is 0 Å². The minimum Gasteiger partial charge on any atom is -0.381 e. The number of hydrogen-bond donors (Lipinski definition) is 2. The first kappa shape index (κ1) is 12.8. The third-order valence-electron chi connectivity index (χ3n) is 4.15. The lowest BCUT2D eigenvalue weighted by Crippen LogP contribution is -2.19. The molecule has 0 saturated carbocycles. The van der Waals surface area contributed by atoms with Gasteiger partial charge < -0.3 is 10.1 Å². The van der Waals surface area contributed by atoms with E-state index in [1.165, 1.54) is 0 Å². The molecule has 0 amide bonds. The van der Waals surface area contributed by atoms with Crippen molar-refractivity contribution in [3.05, 3.63) is 64.5 Å². The summed E-state index contributed by atoms with van der Waals surface area (Å²) in [5.41, 5.74) is 5.05. The van der Waals surface area contributed by atoms with Crippen LogP contribution < -0.4 is 0 Å². The second-order valence-electron chi connectivity index (χ2n) is 5.49. The molecule has 3 nitrogen and oxygen atoms in total. The molecular formula is C17H13BrN2O. The van der Waals surface area contributed by atoms with Crippen LogP contribution in [-0.4, -0.2) is 15.1 Å². The zero-order valence-electron chi connectivity index (χ0n) is 11.4. The van der Waals surface area contributed by atoms with Crippen molar-refractivity contribution in [1.29, 1.82) is 0 Å². The van der Waals surface area contributed by atoms with Gasteiger partial charge in [0.25, 0.3) is 0 Å².